The van der Waals surface area contributed by atoms with Crippen molar-refractivity contribution in [3.8, 4) is 0 Å². The molecule has 0 bridgehead atoms. The molecule has 1 aliphatic heterocycles. The molecule has 0 aromatic carbocycles. The van der Waals surface area contributed by atoms with Crippen molar-refractivity contribution in [3.05, 3.63) is 17.5 Å². The lowest BCUT2D eigenvalue weighted by Gasteiger charge is -2.32. The second-order valence-corrected chi connectivity index (χ2v) is 5.24. The fourth-order valence-electron chi connectivity index (χ4n) is 2.30. The van der Waals surface area contributed by atoms with E-state index in [2.05, 4.69) is 29.4 Å². The minimum Gasteiger partial charge on any atom is -0.336 e. The van der Waals surface area contributed by atoms with E-state index in [1.807, 2.05) is 18.0 Å². The average Bonchev–Trinajstić information content (AvgIpc) is 2.87. The van der Waals surface area contributed by atoms with Gasteiger partial charge in [-0.2, -0.15) is 5.10 Å². The van der Waals surface area contributed by atoms with E-state index in [-0.39, 0.29) is 5.91 Å². The second kappa shape index (κ2) is 5.52. The van der Waals surface area contributed by atoms with Crippen molar-refractivity contribution in [3.63, 3.8) is 0 Å². The Kier molecular flexibility index (Phi) is 4.01. The molecule has 1 atom stereocenters. The number of hydrogen-bond donors (Lipinski definition) is 2. The molecule has 1 amide bonds. The Hall–Kier alpha value is -1.36. The van der Waals surface area contributed by atoms with Gasteiger partial charge in [0.2, 0.25) is 0 Å². The summed E-state index contributed by atoms with van der Waals surface area (Å²) in [6.45, 7) is 5.78. The Balaban J connectivity index is 2.05. The van der Waals surface area contributed by atoms with E-state index in [1.54, 1.807) is 0 Å². The van der Waals surface area contributed by atoms with Gasteiger partial charge in [0.25, 0.3) is 5.91 Å². The van der Waals surface area contributed by atoms with Gasteiger partial charge in [0.15, 0.2) is 0 Å². The molecular weight excluding hydrogens is 228 g/mol. The summed E-state index contributed by atoms with van der Waals surface area (Å²) in [7, 11) is 1.95. The summed E-state index contributed by atoms with van der Waals surface area (Å²) >= 11 is 0. The second-order valence-electron chi connectivity index (χ2n) is 5.24. The molecule has 0 radical (unpaired) electrons. The average molecular weight is 250 g/mol. The highest BCUT2D eigenvalue weighted by Gasteiger charge is 2.25. The number of piperidine rings is 1. The van der Waals surface area contributed by atoms with E-state index in [9.17, 15) is 4.79 Å². The molecule has 0 saturated carbocycles. The van der Waals surface area contributed by atoms with Crippen LogP contribution in [0.4, 0.5) is 0 Å². The normalized spacial score (nSPS) is 20.4. The fraction of sp³-hybridized carbons (Fsp3) is 0.692. The number of aromatic nitrogens is 2. The number of amides is 1. The number of aromatic amines is 1. The molecule has 2 heterocycles. The van der Waals surface area contributed by atoms with E-state index >= 15 is 0 Å². The maximum absolute atomic E-state index is 12.3. The minimum absolute atomic E-state index is 0.0399. The Labute approximate surface area is 108 Å². The number of rotatable bonds is 3. The number of carbonyl (C=O) groups excluding carboxylic acids is 1. The van der Waals surface area contributed by atoms with Crippen molar-refractivity contribution < 1.29 is 4.79 Å². The van der Waals surface area contributed by atoms with E-state index in [0.717, 1.165) is 31.6 Å². The Morgan fingerprint density at radius 2 is 2.39 bits per heavy atom. The smallest absolute Gasteiger partial charge is 0.274 e. The van der Waals surface area contributed by atoms with E-state index in [4.69, 9.17) is 0 Å². The predicted molar refractivity (Wildman–Crippen MR) is 70.7 cm³/mol. The first-order chi connectivity index (χ1) is 8.61. The SMILES string of the molecule is CNC1CCCN(C(=O)c2cc(C(C)C)[nH]n2)C1. The summed E-state index contributed by atoms with van der Waals surface area (Å²) in [5, 5.41) is 10.3. The summed E-state index contributed by atoms with van der Waals surface area (Å²) in [6.07, 6.45) is 2.19. The maximum atomic E-state index is 12.3. The Morgan fingerprint density at radius 1 is 1.61 bits per heavy atom. The topological polar surface area (TPSA) is 61.0 Å². The van der Waals surface area contributed by atoms with Crippen LogP contribution in [0, 0.1) is 0 Å². The summed E-state index contributed by atoms with van der Waals surface area (Å²) in [5.74, 6) is 0.406. The lowest BCUT2D eigenvalue weighted by molar-refractivity contribution is 0.0692. The third-order valence-corrected chi connectivity index (χ3v) is 3.56. The summed E-state index contributed by atoms with van der Waals surface area (Å²) in [5.41, 5.74) is 1.55. The number of likely N-dealkylation sites (tertiary alicyclic amines) is 1. The summed E-state index contributed by atoms with van der Waals surface area (Å²) in [6, 6.07) is 2.28. The van der Waals surface area contributed by atoms with Gasteiger partial charge in [-0.05, 0) is 31.9 Å². The summed E-state index contributed by atoms with van der Waals surface area (Å²) in [4.78, 5) is 14.2. The van der Waals surface area contributed by atoms with Crippen LogP contribution < -0.4 is 5.32 Å². The molecular formula is C13H22N4O. The molecule has 5 heteroatoms. The highest BCUT2D eigenvalue weighted by Crippen LogP contribution is 2.16. The van der Waals surface area contributed by atoms with E-state index in [1.165, 1.54) is 0 Å². The molecule has 100 valence electrons. The molecule has 0 aliphatic carbocycles. The number of nitrogens with one attached hydrogen (secondary N) is 2. The van der Waals surface area contributed by atoms with Crippen LogP contribution >= 0.6 is 0 Å². The quantitative estimate of drug-likeness (QED) is 0.851. The highest BCUT2D eigenvalue weighted by atomic mass is 16.2. The van der Waals surface area contributed by atoms with Gasteiger partial charge in [-0.15, -0.1) is 0 Å². The molecule has 1 unspecified atom stereocenters. The van der Waals surface area contributed by atoms with Gasteiger partial charge in [-0.3, -0.25) is 9.89 Å². The molecule has 1 aliphatic rings. The lowest BCUT2D eigenvalue weighted by Crippen LogP contribution is -2.47. The Morgan fingerprint density at radius 3 is 3.00 bits per heavy atom. The number of hydrogen-bond acceptors (Lipinski definition) is 3. The van der Waals surface area contributed by atoms with Gasteiger partial charge in [0.05, 0.1) is 0 Å². The van der Waals surface area contributed by atoms with Crippen molar-refractivity contribution in [2.45, 2.75) is 38.6 Å². The molecule has 0 spiro atoms. The predicted octanol–water partition coefficient (Wildman–Crippen LogP) is 1.36. The van der Waals surface area contributed by atoms with Crippen molar-refractivity contribution >= 4 is 5.91 Å². The van der Waals surface area contributed by atoms with Gasteiger partial charge >= 0.3 is 0 Å². The van der Waals surface area contributed by atoms with Crippen molar-refractivity contribution in [1.29, 1.82) is 0 Å². The molecule has 1 aromatic rings. The highest BCUT2D eigenvalue weighted by molar-refractivity contribution is 5.92. The van der Waals surface area contributed by atoms with Gasteiger partial charge in [-0.1, -0.05) is 13.8 Å². The van der Waals surface area contributed by atoms with Crippen LogP contribution in [-0.2, 0) is 0 Å². The lowest BCUT2D eigenvalue weighted by atomic mass is 10.1. The zero-order valence-corrected chi connectivity index (χ0v) is 11.4. The Bertz CT molecular complexity index is 413. The van der Waals surface area contributed by atoms with Crippen molar-refractivity contribution in [2.75, 3.05) is 20.1 Å². The molecule has 1 fully saturated rings. The first-order valence-corrected chi connectivity index (χ1v) is 6.63. The largest absolute Gasteiger partial charge is 0.336 e. The number of carbonyl (C=O) groups is 1. The maximum Gasteiger partial charge on any atom is 0.274 e. The molecule has 5 nitrogen and oxygen atoms in total. The number of nitrogens with zero attached hydrogens (tertiary/aromatic N) is 2. The van der Waals surface area contributed by atoms with E-state index in [0.29, 0.717) is 17.7 Å². The number of likely N-dealkylation sites (N-methyl/N-ethyl adjacent to an activating group) is 1. The fourth-order valence-corrected chi connectivity index (χ4v) is 2.30. The summed E-state index contributed by atoms with van der Waals surface area (Å²) < 4.78 is 0. The van der Waals surface area contributed by atoms with Crippen LogP contribution in [0.25, 0.3) is 0 Å². The van der Waals surface area contributed by atoms with Gasteiger partial charge in [-0.25, -0.2) is 0 Å². The first kappa shape index (κ1) is 13.1. The zero-order chi connectivity index (χ0) is 13.1. The van der Waals surface area contributed by atoms with Gasteiger partial charge in [0.1, 0.15) is 5.69 Å². The third kappa shape index (κ3) is 2.72. The van der Waals surface area contributed by atoms with Crippen LogP contribution in [0.2, 0.25) is 0 Å². The van der Waals surface area contributed by atoms with Crippen LogP contribution in [-0.4, -0.2) is 47.2 Å². The van der Waals surface area contributed by atoms with Crippen LogP contribution in [0.3, 0.4) is 0 Å². The van der Waals surface area contributed by atoms with Crippen LogP contribution in [0.1, 0.15) is 48.8 Å². The third-order valence-electron chi connectivity index (χ3n) is 3.56. The first-order valence-electron chi connectivity index (χ1n) is 6.63. The van der Waals surface area contributed by atoms with Crippen LogP contribution in [0.15, 0.2) is 6.07 Å². The van der Waals surface area contributed by atoms with Gasteiger partial charge in [0, 0.05) is 24.8 Å². The molecule has 1 aromatic heterocycles. The van der Waals surface area contributed by atoms with Crippen molar-refractivity contribution in [1.82, 2.24) is 20.4 Å². The number of H-pyrrole nitrogens is 1. The van der Waals surface area contributed by atoms with Crippen LogP contribution in [0.5, 0.6) is 0 Å². The standard InChI is InChI=1S/C13H22N4O/c1-9(2)11-7-12(16-15-11)13(18)17-6-4-5-10(8-17)14-3/h7,9-10,14H,4-6,8H2,1-3H3,(H,15,16). The zero-order valence-electron chi connectivity index (χ0n) is 11.4. The van der Waals surface area contributed by atoms with Crippen molar-refractivity contribution in [2.24, 2.45) is 0 Å². The molecule has 18 heavy (non-hydrogen) atoms. The molecule has 2 rings (SSSR count). The molecule has 1 saturated heterocycles. The monoisotopic (exact) mass is 250 g/mol. The van der Waals surface area contributed by atoms with E-state index < -0.39 is 0 Å². The van der Waals surface area contributed by atoms with Gasteiger partial charge < -0.3 is 10.2 Å². The molecule has 2 N–H and O–H groups in total. The minimum atomic E-state index is 0.0399.